The molecule has 0 radical (unpaired) electrons. The number of nitrogens with one attached hydrogen (secondary N) is 1. The van der Waals surface area contributed by atoms with Gasteiger partial charge in [-0.3, -0.25) is 9.69 Å². The maximum Gasteiger partial charge on any atom is 0.221 e. The summed E-state index contributed by atoms with van der Waals surface area (Å²) in [6, 6.07) is 14.5. The highest BCUT2D eigenvalue weighted by atomic mass is 32.1. The van der Waals surface area contributed by atoms with Crippen molar-refractivity contribution in [1.82, 2.24) is 19.2 Å². The van der Waals surface area contributed by atoms with Gasteiger partial charge < -0.3 is 9.88 Å². The maximum atomic E-state index is 11.5. The lowest BCUT2D eigenvalue weighted by molar-refractivity contribution is -0.114. The van der Waals surface area contributed by atoms with Gasteiger partial charge in [0.15, 0.2) is 10.6 Å². The molecule has 156 valence electrons. The van der Waals surface area contributed by atoms with E-state index in [9.17, 15) is 4.79 Å². The standard InChI is InChI=1S/C23H27N5OS/c1-4-27-22(18-8-5-7-16(2)13-18)25-28(23(27)30)15-26-12-11-20-19(14-26)9-6-10-21(20)24-17(3)29/h5-10,13H,4,11-12,14-15H2,1-3H3,(H,24,29). The molecule has 1 aliphatic heterocycles. The Morgan fingerprint density at radius 3 is 2.77 bits per heavy atom. The SMILES string of the molecule is CCn1c(-c2cccc(C)c2)nn(CN2CCc3c(cccc3NC(C)=O)C2)c1=S. The number of carbonyl (C=O) groups excluding carboxylic acids is 1. The lowest BCUT2D eigenvalue weighted by atomic mass is 9.98. The molecule has 4 rings (SSSR count). The molecule has 1 aliphatic rings. The summed E-state index contributed by atoms with van der Waals surface area (Å²) in [6.07, 6.45) is 0.887. The summed E-state index contributed by atoms with van der Waals surface area (Å²) in [6.45, 7) is 8.87. The van der Waals surface area contributed by atoms with Crippen LogP contribution in [-0.4, -0.2) is 31.7 Å². The number of anilines is 1. The van der Waals surface area contributed by atoms with Crippen LogP contribution in [0.15, 0.2) is 42.5 Å². The highest BCUT2D eigenvalue weighted by Gasteiger charge is 2.21. The Morgan fingerprint density at radius 2 is 2.03 bits per heavy atom. The highest BCUT2D eigenvalue weighted by molar-refractivity contribution is 7.71. The average molecular weight is 422 g/mol. The third-order valence-corrected chi connectivity index (χ3v) is 5.94. The molecule has 1 aromatic heterocycles. The zero-order valence-corrected chi connectivity index (χ0v) is 18.5. The van der Waals surface area contributed by atoms with Crippen LogP contribution in [-0.2, 0) is 31.0 Å². The molecule has 0 atom stereocenters. The normalized spacial score (nSPS) is 13.8. The van der Waals surface area contributed by atoms with Gasteiger partial charge in [0.2, 0.25) is 5.91 Å². The number of fused-ring (bicyclic) bond motifs is 1. The predicted molar refractivity (Wildman–Crippen MR) is 122 cm³/mol. The van der Waals surface area contributed by atoms with Crippen molar-refractivity contribution in [3.05, 3.63) is 63.9 Å². The zero-order valence-electron chi connectivity index (χ0n) is 17.7. The summed E-state index contributed by atoms with van der Waals surface area (Å²) in [7, 11) is 0. The Bertz CT molecular complexity index is 1150. The Labute approximate surface area is 182 Å². The van der Waals surface area contributed by atoms with Gasteiger partial charge in [-0.15, -0.1) is 0 Å². The van der Waals surface area contributed by atoms with E-state index in [1.54, 1.807) is 6.92 Å². The first-order valence-electron chi connectivity index (χ1n) is 10.3. The fraction of sp³-hybridized carbons (Fsp3) is 0.348. The van der Waals surface area contributed by atoms with Crippen LogP contribution in [0.3, 0.4) is 0 Å². The molecule has 0 spiro atoms. The molecule has 3 aromatic rings. The van der Waals surface area contributed by atoms with Crippen molar-refractivity contribution in [3.8, 4) is 11.4 Å². The van der Waals surface area contributed by atoms with Crippen molar-refractivity contribution in [2.45, 2.75) is 47.0 Å². The molecule has 0 unspecified atom stereocenters. The fourth-order valence-corrected chi connectivity index (χ4v) is 4.41. The first kappa shape index (κ1) is 20.5. The Hall–Kier alpha value is -2.77. The van der Waals surface area contributed by atoms with E-state index in [1.165, 1.54) is 16.7 Å². The number of carbonyl (C=O) groups is 1. The molecule has 0 saturated heterocycles. The fourth-order valence-electron chi connectivity index (χ4n) is 4.10. The first-order valence-corrected chi connectivity index (χ1v) is 10.7. The molecule has 0 saturated carbocycles. The number of aryl methyl sites for hydroxylation is 1. The third kappa shape index (κ3) is 4.08. The van der Waals surface area contributed by atoms with E-state index in [-0.39, 0.29) is 5.91 Å². The van der Waals surface area contributed by atoms with Gasteiger partial charge >= 0.3 is 0 Å². The highest BCUT2D eigenvalue weighted by Crippen LogP contribution is 2.27. The summed E-state index contributed by atoms with van der Waals surface area (Å²) in [4.78, 5) is 13.8. The number of hydrogen-bond donors (Lipinski definition) is 1. The Morgan fingerprint density at radius 1 is 1.23 bits per heavy atom. The molecule has 0 aliphatic carbocycles. The molecule has 1 N–H and O–H groups in total. The second-order valence-corrected chi connectivity index (χ2v) is 8.15. The number of nitrogens with zero attached hydrogens (tertiary/aromatic N) is 4. The van der Waals surface area contributed by atoms with Crippen LogP contribution < -0.4 is 5.32 Å². The van der Waals surface area contributed by atoms with E-state index in [0.717, 1.165) is 47.9 Å². The second kappa shape index (κ2) is 8.53. The number of aromatic nitrogens is 3. The monoisotopic (exact) mass is 421 g/mol. The van der Waals surface area contributed by atoms with Gasteiger partial charge in [-0.1, -0.05) is 35.9 Å². The van der Waals surface area contributed by atoms with Crippen molar-refractivity contribution >= 4 is 23.8 Å². The van der Waals surface area contributed by atoms with E-state index in [1.807, 2.05) is 16.8 Å². The van der Waals surface area contributed by atoms with Crippen LogP contribution >= 0.6 is 12.2 Å². The van der Waals surface area contributed by atoms with Crippen molar-refractivity contribution in [3.63, 3.8) is 0 Å². The van der Waals surface area contributed by atoms with Crippen LogP contribution in [0.4, 0.5) is 5.69 Å². The minimum Gasteiger partial charge on any atom is -0.326 e. The number of benzene rings is 2. The van der Waals surface area contributed by atoms with Crippen molar-refractivity contribution in [1.29, 1.82) is 0 Å². The number of amides is 1. The summed E-state index contributed by atoms with van der Waals surface area (Å²) < 4.78 is 4.77. The van der Waals surface area contributed by atoms with E-state index in [0.29, 0.717) is 6.67 Å². The van der Waals surface area contributed by atoms with Crippen molar-refractivity contribution < 1.29 is 4.79 Å². The van der Waals surface area contributed by atoms with Gasteiger partial charge in [-0.25, -0.2) is 4.68 Å². The molecule has 2 aromatic carbocycles. The van der Waals surface area contributed by atoms with E-state index < -0.39 is 0 Å². The summed E-state index contributed by atoms with van der Waals surface area (Å²) in [5.74, 6) is 0.877. The quantitative estimate of drug-likeness (QED) is 0.621. The van der Waals surface area contributed by atoms with E-state index in [2.05, 4.69) is 59.0 Å². The van der Waals surface area contributed by atoms with Gasteiger partial charge in [0.25, 0.3) is 0 Å². The number of rotatable bonds is 5. The molecular formula is C23H27N5OS. The van der Waals surface area contributed by atoms with Gasteiger partial charge in [0.05, 0.1) is 6.67 Å². The van der Waals surface area contributed by atoms with E-state index >= 15 is 0 Å². The van der Waals surface area contributed by atoms with Crippen molar-refractivity contribution in [2.75, 3.05) is 11.9 Å². The van der Waals surface area contributed by atoms with Gasteiger partial charge in [0, 0.05) is 37.8 Å². The van der Waals surface area contributed by atoms with Crippen LogP contribution in [0.25, 0.3) is 11.4 Å². The Kier molecular flexibility index (Phi) is 5.83. The minimum absolute atomic E-state index is 0.0362. The molecule has 30 heavy (non-hydrogen) atoms. The van der Waals surface area contributed by atoms with Gasteiger partial charge in [-0.05, 0) is 55.7 Å². The zero-order chi connectivity index (χ0) is 21.3. The molecule has 0 bridgehead atoms. The average Bonchev–Trinajstić information content (AvgIpc) is 3.03. The van der Waals surface area contributed by atoms with E-state index in [4.69, 9.17) is 17.3 Å². The maximum absolute atomic E-state index is 11.5. The summed E-state index contributed by atoms with van der Waals surface area (Å²) in [5, 5.41) is 7.83. The van der Waals surface area contributed by atoms with Crippen LogP contribution in [0.5, 0.6) is 0 Å². The molecule has 0 fully saturated rings. The Balaban J connectivity index is 1.59. The first-order chi connectivity index (χ1) is 14.5. The predicted octanol–water partition coefficient (Wildman–Crippen LogP) is 4.38. The smallest absolute Gasteiger partial charge is 0.221 e. The summed E-state index contributed by atoms with van der Waals surface area (Å²) in [5.41, 5.74) is 5.69. The minimum atomic E-state index is -0.0362. The molecule has 1 amide bonds. The molecule has 2 heterocycles. The van der Waals surface area contributed by atoms with Crippen molar-refractivity contribution in [2.24, 2.45) is 0 Å². The summed E-state index contributed by atoms with van der Waals surface area (Å²) >= 11 is 5.75. The topological polar surface area (TPSA) is 55.1 Å². The lowest BCUT2D eigenvalue weighted by Crippen LogP contribution is -2.33. The van der Waals surface area contributed by atoms with Crippen LogP contribution in [0.2, 0.25) is 0 Å². The molecular weight excluding hydrogens is 394 g/mol. The lowest BCUT2D eigenvalue weighted by Gasteiger charge is -2.29. The van der Waals surface area contributed by atoms with Gasteiger partial charge in [0.1, 0.15) is 0 Å². The second-order valence-electron chi connectivity index (χ2n) is 7.79. The molecule has 6 nitrogen and oxygen atoms in total. The van der Waals surface area contributed by atoms with Gasteiger partial charge in [-0.2, -0.15) is 5.10 Å². The van der Waals surface area contributed by atoms with Crippen LogP contribution in [0, 0.1) is 11.7 Å². The number of hydrogen-bond acceptors (Lipinski definition) is 4. The molecule has 7 heteroatoms. The van der Waals surface area contributed by atoms with Crippen LogP contribution in [0.1, 0.15) is 30.5 Å². The largest absolute Gasteiger partial charge is 0.326 e. The third-order valence-electron chi connectivity index (χ3n) is 5.50.